The fraction of sp³-hybridized carbons (Fsp3) is 0.320. The molecule has 0 saturated carbocycles. The van der Waals surface area contributed by atoms with E-state index in [9.17, 15) is 4.79 Å². The summed E-state index contributed by atoms with van der Waals surface area (Å²) in [5, 5.41) is 2.27. The van der Waals surface area contributed by atoms with Gasteiger partial charge in [-0.15, -0.1) is 11.8 Å². The Morgan fingerprint density at radius 2 is 1.93 bits per heavy atom. The van der Waals surface area contributed by atoms with Crippen molar-refractivity contribution in [1.29, 1.82) is 0 Å². The summed E-state index contributed by atoms with van der Waals surface area (Å²) < 4.78 is 11.0. The first-order valence-electron chi connectivity index (χ1n) is 10.3. The number of thioether (sulfide) groups is 1. The zero-order chi connectivity index (χ0) is 20.9. The van der Waals surface area contributed by atoms with Crippen LogP contribution in [0.15, 0.2) is 65.6 Å². The summed E-state index contributed by atoms with van der Waals surface area (Å²) in [4.78, 5) is 16.0. The third-order valence-electron chi connectivity index (χ3n) is 5.44. The molecule has 0 aromatic heterocycles. The van der Waals surface area contributed by atoms with Crippen LogP contribution in [-0.4, -0.2) is 43.4 Å². The third kappa shape index (κ3) is 4.79. The van der Waals surface area contributed by atoms with Crippen LogP contribution in [0, 0.1) is 0 Å². The summed E-state index contributed by atoms with van der Waals surface area (Å²) in [6.45, 7) is 1.42. The number of rotatable bonds is 7. The second-order valence-electron chi connectivity index (χ2n) is 7.65. The maximum absolute atomic E-state index is 13.2. The molecule has 4 nitrogen and oxygen atoms in total. The average Bonchev–Trinajstić information content (AvgIpc) is 3.30. The second kappa shape index (κ2) is 9.54. The highest BCUT2D eigenvalue weighted by atomic mass is 32.2. The van der Waals surface area contributed by atoms with Gasteiger partial charge in [0.1, 0.15) is 5.75 Å². The minimum atomic E-state index is 0.0419. The average molecular weight is 422 g/mol. The summed E-state index contributed by atoms with van der Waals surface area (Å²) in [5.74, 6) is 1.78. The molecule has 5 heteroatoms. The molecule has 0 bridgehead atoms. The Balaban J connectivity index is 1.46. The number of benzene rings is 3. The van der Waals surface area contributed by atoms with Gasteiger partial charge < -0.3 is 14.4 Å². The van der Waals surface area contributed by atoms with Crippen LogP contribution in [0.2, 0.25) is 0 Å². The topological polar surface area (TPSA) is 38.8 Å². The lowest BCUT2D eigenvalue weighted by molar-refractivity contribution is 0.0781. The Bertz CT molecular complexity index is 1030. The smallest absolute Gasteiger partial charge is 0.255 e. The van der Waals surface area contributed by atoms with Crippen LogP contribution in [0.5, 0.6) is 5.75 Å². The zero-order valence-electron chi connectivity index (χ0n) is 17.5. The first-order valence-corrected chi connectivity index (χ1v) is 11.3. The summed E-state index contributed by atoms with van der Waals surface area (Å²) in [7, 11) is 3.54. The lowest BCUT2D eigenvalue weighted by atomic mass is 10.1. The van der Waals surface area contributed by atoms with Crippen molar-refractivity contribution >= 4 is 28.4 Å². The van der Waals surface area contributed by atoms with Crippen molar-refractivity contribution in [3.63, 3.8) is 0 Å². The first kappa shape index (κ1) is 20.8. The van der Waals surface area contributed by atoms with Crippen LogP contribution in [0.3, 0.4) is 0 Å². The molecule has 0 radical (unpaired) electrons. The van der Waals surface area contributed by atoms with Crippen LogP contribution < -0.4 is 4.74 Å². The molecule has 0 N–H and O–H groups in total. The zero-order valence-corrected chi connectivity index (χ0v) is 18.3. The number of carbonyl (C=O) groups excluding carboxylic acids is 1. The number of nitrogens with zero attached hydrogens (tertiary/aromatic N) is 1. The number of carbonyl (C=O) groups is 1. The monoisotopic (exact) mass is 421 g/mol. The van der Waals surface area contributed by atoms with Gasteiger partial charge in [0.25, 0.3) is 5.91 Å². The van der Waals surface area contributed by atoms with E-state index in [0.717, 1.165) is 57.7 Å². The normalized spacial score (nSPS) is 16.0. The highest BCUT2D eigenvalue weighted by molar-refractivity contribution is 7.99. The Kier molecular flexibility index (Phi) is 6.60. The molecule has 0 spiro atoms. The molecule has 1 amide bonds. The first-order chi connectivity index (χ1) is 14.6. The molecule has 1 aliphatic heterocycles. The van der Waals surface area contributed by atoms with Crippen molar-refractivity contribution in [2.24, 2.45) is 0 Å². The van der Waals surface area contributed by atoms with Crippen molar-refractivity contribution < 1.29 is 14.3 Å². The van der Waals surface area contributed by atoms with Gasteiger partial charge in [0.2, 0.25) is 0 Å². The number of hydrogen-bond donors (Lipinski definition) is 0. The van der Waals surface area contributed by atoms with E-state index >= 15 is 0 Å². The largest absolute Gasteiger partial charge is 0.497 e. The third-order valence-corrected chi connectivity index (χ3v) is 6.65. The van der Waals surface area contributed by atoms with Gasteiger partial charge in [0.05, 0.1) is 18.8 Å². The van der Waals surface area contributed by atoms with Crippen molar-refractivity contribution in [3.8, 4) is 5.75 Å². The van der Waals surface area contributed by atoms with Crippen LogP contribution >= 0.6 is 11.8 Å². The molecule has 30 heavy (non-hydrogen) atoms. The lowest BCUT2D eigenvalue weighted by Gasteiger charge is -2.20. The second-order valence-corrected chi connectivity index (χ2v) is 8.71. The van der Waals surface area contributed by atoms with Gasteiger partial charge in [-0.05, 0) is 59.5 Å². The Labute approximate surface area is 182 Å². The van der Waals surface area contributed by atoms with E-state index in [4.69, 9.17) is 9.47 Å². The molecule has 1 aliphatic rings. The summed E-state index contributed by atoms with van der Waals surface area (Å²) in [6.07, 6.45) is 2.54. The Hall–Kier alpha value is -2.50. The van der Waals surface area contributed by atoms with Crippen molar-refractivity contribution in [2.75, 3.05) is 26.5 Å². The quantitative estimate of drug-likeness (QED) is 0.479. The predicted octanol–water partition coefficient (Wildman–Crippen LogP) is 5.39. The standard InChI is InChI=1S/C25H27NO3S/c1-26(16-18-9-10-20-15-21(28-2)12-11-19(20)14-18)25(27)23-7-3-4-8-24(23)30-17-22-6-5-13-29-22/h3-4,7-12,14-15,22H,5-6,13,16-17H2,1-2H3/t22-/m0/s1. The molecule has 1 atom stereocenters. The minimum Gasteiger partial charge on any atom is -0.497 e. The fourth-order valence-corrected chi connectivity index (χ4v) is 4.89. The van der Waals surface area contributed by atoms with Gasteiger partial charge >= 0.3 is 0 Å². The number of methoxy groups -OCH3 is 1. The van der Waals surface area contributed by atoms with E-state index in [1.54, 1.807) is 23.8 Å². The highest BCUT2D eigenvalue weighted by Gasteiger charge is 2.19. The number of amides is 1. The summed E-state index contributed by atoms with van der Waals surface area (Å²) in [6, 6.07) is 20.2. The van der Waals surface area contributed by atoms with Crippen molar-refractivity contribution in [3.05, 3.63) is 71.8 Å². The number of hydrogen-bond acceptors (Lipinski definition) is 4. The van der Waals surface area contributed by atoms with E-state index in [-0.39, 0.29) is 5.91 Å². The molecule has 0 unspecified atom stereocenters. The fourth-order valence-electron chi connectivity index (χ4n) is 3.78. The van der Waals surface area contributed by atoms with Crippen molar-refractivity contribution in [1.82, 2.24) is 4.90 Å². The molecule has 1 fully saturated rings. The molecule has 4 rings (SSSR count). The van der Waals surface area contributed by atoms with E-state index in [2.05, 4.69) is 24.3 Å². The summed E-state index contributed by atoms with van der Waals surface area (Å²) >= 11 is 1.72. The van der Waals surface area contributed by atoms with E-state index in [0.29, 0.717) is 12.6 Å². The molecular weight excluding hydrogens is 394 g/mol. The molecule has 0 aliphatic carbocycles. The highest BCUT2D eigenvalue weighted by Crippen LogP contribution is 2.28. The van der Waals surface area contributed by atoms with Gasteiger partial charge in [0, 0.05) is 30.8 Å². The van der Waals surface area contributed by atoms with Crippen LogP contribution in [0.1, 0.15) is 28.8 Å². The van der Waals surface area contributed by atoms with Gasteiger partial charge in [-0.3, -0.25) is 4.79 Å². The Morgan fingerprint density at radius 3 is 2.73 bits per heavy atom. The molecular formula is C25H27NO3S. The van der Waals surface area contributed by atoms with Gasteiger partial charge in [0.15, 0.2) is 0 Å². The predicted molar refractivity (Wildman–Crippen MR) is 122 cm³/mol. The number of fused-ring (bicyclic) bond motifs is 1. The van der Waals surface area contributed by atoms with Gasteiger partial charge in [-0.25, -0.2) is 0 Å². The van der Waals surface area contributed by atoms with E-state index in [1.165, 1.54) is 0 Å². The molecule has 3 aromatic rings. The van der Waals surface area contributed by atoms with Crippen LogP contribution in [-0.2, 0) is 11.3 Å². The molecule has 156 valence electrons. The Morgan fingerprint density at radius 1 is 1.13 bits per heavy atom. The minimum absolute atomic E-state index is 0.0419. The van der Waals surface area contributed by atoms with E-state index < -0.39 is 0 Å². The summed E-state index contributed by atoms with van der Waals surface area (Å²) in [5.41, 5.74) is 1.86. The van der Waals surface area contributed by atoms with Gasteiger partial charge in [-0.2, -0.15) is 0 Å². The molecule has 3 aromatic carbocycles. The maximum Gasteiger partial charge on any atom is 0.255 e. The molecule has 1 heterocycles. The molecule has 1 saturated heterocycles. The van der Waals surface area contributed by atoms with Crippen LogP contribution in [0.25, 0.3) is 10.8 Å². The van der Waals surface area contributed by atoms with Crippen LogP contribution in [0.4, 0.5) is 0 Å². The maximum atomic E-state index is 13.2. The number of ether oxygens (including phenoxy) is 2. The SMILES string of the molecule is COc1ccc2cc(CN(C)C(=O)c3ccccc3SC[C@@H]3CCCO3)ccc2c1. The van der Waals surface area contributed by atoms with Crippen molar-refractivity contribution in [2.45, 2.75) is 30.4 Å². The lowest BCUT2D eigenvalue weighted by Crippen LogP contribution is -2.26. The van der Waals surface area contributed by atoms with Gasteiger partial charge in [-0.1, -0.05) is 30.3 Å². The van der Waals surface area contributed by atoms with E-state index in [1.807, 2.05) is 43.4 Å².